The molecule has 0 saturated carbocycles. The first kappa shape index (κ1) is 9.55. The Labute approximate surface area is 80.8 Å². The standard InChI is InChI=1S/C9H12BrNO/c1-6(11)9-7(10)4-3-5-8(9)12-2/h3-6H,11H2,1-2H3/t6-/m1/s1. The zero-order valence-corrected chi connectivity index (χ0v) is 8.76. The fourth-order valence-electron chi connectivity index (χ4n) is 1.14. The molecule has 0 bridgehead atoms. The summed E-state index contributed by atoms with van der Waals surface area (Å²) in [4.78, 5) is 0. The highest BCUT2D eigenvalue weighted by atomic mass is 79.9. The third kappa shape index (κ3) is 1.79. The predicted octanol–water partition coefficient (Wildman–Crippen LogP) is 2.48. The van der Waals surface area contributed by atoms with E-state index in [4.69, 9.17) is 10.5 Å². The molecule has 12 heavy (non-hydrogen) atoms. The van der Waals surface area contributed by atoms with Gasteiger partial charge in [0.25, 0.3) is 0 Å². The molecular weight excluding hydrogens is 218 g/mol. The molecule has 0 radical (unpaired) electrons. The lowest BCUT2D eigenvalue weighted by atomic mass is 10.1. The number of hydrogen-bond donors (Lipinski definition) is 1. The van der Waals surface area contributed by atoms with Crippen LogP contribution in [0.4, 0.5) is 0 Å². The van der Waals surface area contributed by atoms with E-state index in [2.05, 4.69) is 15.9 Å². The Morgan fingerprint density at radius 2 is 2.17 bits per heavy atom. The molecule has 0 aliphatic heterocycles. The van der Waals surface area contributed by atoms with Gasteiger partial charge < -0.3 is 10.5 Å². The molecule has 0 amide bonds. The van der Waals surface area contributed by atoms with Gasteiger partial charge in [-0.2, -0.15) is 0 Å². The summed E-state index contributed by atoms with van der Waals surface area (Å²) < 4.78 is 6.17. The van der Waals surface area contributed by atoms with Gasteiger partial charge in [0.05, 0.1) is 7.11 Å². The first-order chi connectivity index (χ1) is 5.66. The van der Waals surface area contributed by atoms with Gasteiger partial charge in [-0.25, -0.2) is 0 Å². The van der Waals surface area contributed by atoms with Crippen LogP contribution < -0.4 is 10.5 Å². The Balaban J connectivity index is 3.20. The quantitative estimate of drug-likeness (QED) is 0.846. The maximum absolute atomic E-state index is 5.78. The van der Waals surface area contributed by atoms with Gasteiger partial charge in [-0.3, -0.25) is 0 Å². The van der Waals surface area contributed by atoms with E-state index >= 15 is 0 Å². The third-order valence-electron chi connectivity index (χ3n) is 1.69. The van der Waals surface area contributed by atoms with Crippen molar-refractivity contribution in [2.45, 2.75) is 13.0 Å². The van der Waals surface area contributed by atoms with E-state index < -0.39 is 0 Å². The monoisotopic (exact) mass is 229 g/mol. The van der Waals surface area contributed by atoms with Gasteiger partial charge in [0, 0.05) is 16.1 Å². The molecule has 0 aromatic heterocycles. The van der Waals surface area contributed by atoms with Crippen LogP contribution in [-0.2, 0) is 0 Å². The lowest BCUT2D eigenvalue weighted by molar-refractivity contribution is 0.406. The highest BCUT2D eigenvalue weighted by molar-refractivity contribution is 9.10. The van der Waals surface area contributed by atoms with Crippen molar-refractivity contribution in [2.24, 2.45) is 5.73 Å². The largest absolute Gasteiger partial charge is 0.496 e. The van der Waals surface area contributed by atoms with Gasteiger partial charge >= 0.3 is 0 Å². The lowest BCUT2D eigenvalue weighted by Crippen LogP contribution is -2.07. The van der Waals surface area contributed by atoms with Crippen LogP contribution >= 0.6 is 15.9 Å². The van der Waals surface area contributed by atoms with Crippen molar-refractivity contribution in [1.82, 2.24) is 0 Å². The number of benzene rings is 1. The fraction of sp³-hybridized carbons (Fsp3) is 0.333. The highest BCUT2D eigenvalue weighted by Crippen LogP contribution is 2.30. The Morgan fingerprint density at radius 1 is 1.50 bits per heavy atom. The number of ether oxygens (including phenoxy) is 1. The Kier molecular flexibility index (Phi) is 3.12. The minimum Gasteiger partial charge on any atom is -0.496 e. The molecule has 3 heteroatoms. The van der Waals surface area contributed by atoms with Crippen LogP contribution in [0.25, 0.3) is 0 Å². The molecule has 0 saturated heterocycles. The van der Waals surface area contributed by atoms with Crippen molar-refractivity contribution in [3.05, 3.63) is 28.2 Å². The van der Waals surface area contributed by atoms with Crippen molar-refractivity contribution in [3.63, 3.8) is 0 Å². The van der Waals surface area contributed by atoms with Gasteiger partial charge in [-0.1, -0.05) is 22.0 Å². The minimum atomic E-state index is -0.0180. The molecule has 1 atom stereocenters. The molecule has 0 aliphatic rings. The average molecular weight is 230 g/mol. The summed E-state index contributed by atoms with van der Waals surface area (Å²) in [5.74, 6) is 0.833. The Bertz CT molecular complexity index is 273. The molecule has 0 aliphatic carbocycles. The van der Waals surface area contributed by atoms with Crippen molar-refractivity contribution < 1.29 is 4.74 Å². The number of rotatable bonds is 2. The van der Waals surface area contributed by atoms with Crippen LogP contribution in [0.1, 0.15) is 18.5 Å². The van der Waals surface area contributed by atoms with E-state index in [9.17, 15) is 0 Å². The highest BCUT2D eigenvalue weighted by Gasteiger charge is 2.10. The van der Waals surface area contributed by atoms with Crippen LogP contribution in [0.2, 0.25) is 0 Å². The summed E-state index contributed by atoms with van der Waals surface area (Å²) in [5, 5.41) is 0. The molecule has 2 nitrogen and oxygen atoms in total. The van der Waals surface area contributed by atoms with Crippen LogP contribution in [0.15, 0.2) is 22.7 Å². The smallest absolute Gasteiger partial charge is 0.124 e. The van der Waals surface area contributed by atoms with E-state index in [-0.39, 0.29) is 6.04 Å². The second-order valence-electron chi connectivity index (χ2n) is 2.64. The van der Waals surface area contributed by atoms with E-state index in [1.165, 1.54) is 0 Å². The summed E-state index contributed by atoms with van der Waals surface area (Å²) in [6, 6.07) is 5.77. The van der Waals surface area contributed by atoms with E-state index in [1.54, 1.807) is 7.11 Å². The van der Waals surface area contributed by atoms with Crippen LogP contribution in [0, 0.1) is 0 Å². The van der Waals surface area contributed by atoms with Crippen molar-refractivity contribution in [3.8, 4) is 5.75 Å². The normalized spacial score (nSPS) is 12.7. The maximum atomic E-state index is 5.78. The van der Waals surface area contributed by atoms with Crippen molar-refractivity contribution >= 4 is 15.9 Å². The van der Waals surface area contributed by atoms with Crippen LogP contribution in [0.3, 0.4) is 0 Å². The van der Waals surface area contributed by atoms with Gasteiger partial charge in [0.1, 0.15) is 5.75 Å². The van der Waals surface area contributed by atoms with E-state index in [1.807, 2.05) is 25.1 Å². The zero-order chi connectivity index (χ0) is 9.14. The second kappa shape index (κ2) is 3.92. The first-order valence-electron chi connectivity index (χ1n) is 3.74. The van der Waals surface area contributed by atoms with Gasteiger partial charge in [0.15, 0.2) is 0 Å². The van der Waals surface area contributed by atoms with E-state index in [0.717, 1.165) is 15.8 Å². The predicted molar refractivity (Wildman–Crippen MR) is 53.3 cm³/mol. The SMILES string of the molecule is COc1cccc(Br)c1[C@@H](C)N. The van der Waals surface area contributed by atoms with Crippen molar-refractivity contribution in [2.75, 3.05) is 7.11 Å². The summed E-state index contributed by atoms with van der Waals surface area (Å²) >= 11 is 3.43. The number of halogens is 1. The molecule has 0 spiro atoms. The first-order valence-corrected chi connectivity index (χ1v) is 4.54. The van der Waals surface area contributed by atoms with Crippen LogP contribution in [-0.4, -0.2) is 7.11 Å². The topological polar surface area (TPSA) is 35.2 Å². The number of methoxy groups -OCH3 is 1. The lowest BCUT2D eigenvalue weighted by Gasteiger charge is -2.12. The molecule has 2 N–H and O–H groups in total. The van der Waals surface area contributed by atoms with Gasteiger partial charge in [-0.15, -0.1) is 0 Å². The Hall–Kier alpha value is -0.540. The molecule has 0 heterocycles. The minimum absolute atomic E-state index is 0.0180. The summed E-state index contributed by atoms with van der Waals surface area (Å²) in [6.45, 7) is 1.93. The Morgan fingerprint density at radius 3 is 2.58 bits per heavy atom. The molecule has 0 unspecified atom stereocenters. The molecule has 1 rings (SSSR count). The molecule has 66 valence electrons. The molecular formula is C9H12BrNO. The second-order valence-corrected chi connectivity index (χ2v) is 3.50. The molecule has 1 aromatic rings. The number of hydrogen-bond acceptors (Lipinski definition) is 2. The third-order valence-corrected chi connectivity index (χ3v) is 2.38. The van der Waals surface area contributed by atoms with Crippen molar-refractivity contribution in [1.29, 1.82) is 0 Å². The fourth-order valence-corrected chi connectivity index (χ4v) is 1.85. The van der Waals surface area contributed by atoms with Crippen LogP contribution in [0.5, 0.6) is 5.75 Å². The summed E-state index contributed by atoms with van der Waals surface area (Å²) in [6.07, 6.45) is 0. The average Bonchev–Trinajstić information content (AvgIpc) is 2.03. The summed E-state index contributed by atoms with van der Waals surface area (Å²) in [5.41, 5.74) is 6.79. The maximum Gasteiger partial charge on any atom is 0.124 e. The molecule has 0 fully saturated rings. The summed E-state index contributed by atoms with van der Waals surface area (Å²) in [7, 11) is 1.65. The van der Waals surface area contributed by atoms with E-state index in [0.29, 0.717) is 0 Å². The van der Waals surface area contributed by atoms with Gasteiger partial charge in [0.2, 0.25) is 0 Å². The zero-order valence-electron chi connectivity index (χ0n) is 7.17. The molecule has 1 aromatic carbocycles. The number of nitrogens with two attached hydrogens (primary N) is 1. The van der Waals surface area contributed by atoms with Gasteiger partial charge in [-0.05, 0) is 19.1 Å².